The molecule has 1 heterocycles. The molecule has 0 aliphatic rings. The van der Waals surface area contributed by atoms with E-state index in [1.807, 2.05) is 28.8 Å². The van der Waals surface area contributed by atoms with Crippen molar-refractivity contribution in [3.05, 3.63) is 54.3 Å². The molecule has 2 aromatic rings. The summed E-state index contributed by atoms with van der Waals surface area (Å²) in [6.07, 6.45) is 3.84. The van der Waals surface area contributed by atoms with Crippen LogP contribution >= 0.6 is 0 Å². The Labute approximate surface area is 150 Å². The van der Waals surface area contributed by atoms with Gasteiger partial charge in [0.1, 0.15) is 18.1 Å². The number of hydrogen-bond acceptors (Lipinski definition) is 2. The number of benzene rings is 1. The molecular weight excluding hydrogens is 312 g/mol. The quantitative estimate of drug-likeness (QED) is 0.716. The van der Waals surface area contributed by atoms with Crippen molar-refractivity contribution in [2.45, 2.75) is 34.2 Å². The monoisotopic (exact) mass is 340 g/mol. The standard InChI is InChI=1S/C21H28N2O2/c1-6-12-25-20-9-7-8-18-17(20)13-19(21(24)22-14-16(4)5)23(18)11-10-15(2)3/h6-10,13,16H,1,11-12,14H2,2-5H3,(H,22,24). The Morgan fingerprint density at radius 2 is 2.12 bits per heavy atom. The zero-order chi connectivity index (χ0) is 18.4. The Kier molecular flexibility index (Phi) is 6.45. The fourth-order valence-corrected chi connectivity index (χ4v) is 2.58. The SMILES string of the molecule is C=CCOc1cccc2c1cc(C(=O)NCC(C)C)n2CC=C(C)C. The second kappa shape index (κ2) is 8.56. The largest absolute Gasteiger partial charge is 0.489 e. The highest BCUT2D eigenvalue weighted by molar-refractivity contribution is 6.00. The van der Waals surface area contributed by atoms with Crippen LogP contribution in [-0.2, 0) is 6.54 Å². The molecule has 4 heteroatoms. The van der Waals surface area contributed by atoms with Gasteiger partial charge in [0.05, 0.1) is 5.52 Å². The van der Waals surface area contributed by atoms with Crippen LogP contribution in [0, 0.1) is 5.92 Å². The summed E-state index contributed by atoms with van der Waals surface area (Å²) in [5, 5.41) is 3.96. The molecule has 0 aliphatic carbocycles. The van der Waals surface area contributed by atoms with Gasteiger partial charge >= 0.3 is 0 Å². The molecule has 25 heavy (non-hydrogen) atoms. The van der Waals surface area contributed by atoms with Crippen molar-refractivity contribution >= 4 is 16.8 Å². The lowest BCUT2D eigenvalue weighted by molar-refractivity contribution is 0.0940. The average Bonchev–Trinajstić information content (AvgIpc) is 2.95. The molecule has 0 aliphatic heterocycles. The van der Waals surface area contributed by atoms with Gasteiger partial charge < -0.3 is 14.6 Å². The van der Waals surface area contributed by atoms with E-state index in [1.54, 1.807) is 6.08 Å². The van der Waals surface area contributed by atoms with E-state index in [0.29, 0.717) is 31.3 Å². The summed E-state index contributed by atoms with van der Waals surface area (Å²) in [5.41, 5.74) is 2.87. The van der Waals surface area contributed by atoms with Gasteiger partial charge in [0.25, 0.3) is 5.91 Å². The van der Waals surface area contributed by atoms with Gasteiger partial charge in [-0.1, -0.05) is 44.2 Å². The first-order valence-electron chi connectivity index (χ1n) is 8.71. The lowest BCUT2D eigenvalue weighted by atomic mass is 10.2. The summed E-state index contributed by atoms with van der Waals surface area (Å²) in [6, 6.07) is 7.82. The van der Waals surface area contributed by atoms with Gasteiger partial charge in [0, 0.05) is 18.5 Å². The maximum atomic E-state index is 12.7. The summed E-state index contributed by atoms with van der Waals surface area (Å²) in [4.78, 5) is 12.7. The highest BCUT2D eigenvalue weighted by Crippen LogP contribution is 2.29. The van der Waals surface area contributed by atoms with Crippen molar-refractivity contribution < 1.29 is 9.53 Å². The van der Waals surface area contributed by atoms with Gasteiger partial charge in [-0.25, -0.2) is 0 Å². The number of hydrogen-bond donors (Lipinski definition) is 1. The molecule has 134 valence electrons. The van der Waals surface area contributed by atoms with Crippen molar-refractivity contribution in [2.24, 2.45) is 5.92 Å². The van der Waals surface area contributed by atoms with E-state index in [2.05, 4.69) is 45.7 Å². The molecule has 1 aromatic carbocycles. The minimum atomic E-state index is -0.0540. The first-order valence-corrected chi connectivity index (χ1v) is 8.71. The van der Waals surface area contributed by atoms with Crippen molar-refractivity contribution in [1.82, 2.24) is 9.88 Å². The second-order valence-corrected chi connectivity index (χ2v) is 6.81. The van der Waals surface area contributed by atoms with Crippen LogP contribution in [0.5, 0.6) is 5.75 Å². The van der Waals surface area contributed by atoms with Gasteiger partial charge in [0.15, 0.2) is 0 Å². The number of amides is 1. The van der Waals surface area contributed by atoms with E-state index in [4.69, 9.17) is 4.74 Å². The van der Waals surface area contributed by atoms with Crippen LogP contribution in [0.15, 0.2) is 48.6 Å². The summed E-state index contributed by atoms with van der Waals surface area (Å²) in [5.74, 6) is 1.12. The third-order valence-electron chi connectivity index (χ3n) is 3.85. The van der Waals surface area contributed by atoms with Crippen LogP contribution in [0.2, 0.25) is 0 Å². The Hall–Kier alpha value is -2.49. The molecule has 0 spiro atoms. The molecule has 0 unspecified atom stereocenters. The maximum absolute atomic E-state index is 12.7. The zero-order valence-corrected chi connectivity index (χ0v) is 15.6. The first-order chi connectivity index (χ1) is 11.9. The molecule has 0 radical (unpaired) electrons. The number of aromatic nitrogens is 1. The zero-order valence-electron chi connectivity index (χ0n) is 15.6. The van der Waals surface area contributed by atoms with Crippen molar-refractivity contribution in [3.8, 4) is 5.75 Å². The molecule has 0 bridgehead atoms. The number of nitrogens with zero attached hydrogens (tertiary/aromatic N) is 1. The summed E-state index contributed by atoms with van der Waals surface area (Å²) < 4.78 is 7.80. The molecule has 0 atom stereocenters. The molecule has 0 fully saturated rings. The Morgan fingerprint density at radius 3 is 2.76 bits per heavy atom. The number of fused-ring (bicyclic) bond motifs is 1. The van der Waals surface area contributed by atoms with Crippen LogP contribution in [0.25, 0.3) is 10.9 Å². The van der Waals surface area contributed by atoms with E-state index in [-0.39, 0.29) is 5.91 Å². The molecule has 0 saturated heterocycles. The molecule has 1 N–H and O–H groups in total. The van der Waals surface area contributed by atoms with Crippen molar-refractivity contribution in [2.75, 3.05) is 13.2 Å². The molecule has 4 nitrogen and oxygen atoms in total. The molecule has 2 rings (SSSR count). The molecular formula is C21H28N2O2. The maximum Gasteiger partial charge on any atom is 0.267 e. The van der Waals surface area contributed by atoms with E-state index in [9.17, 15) is 4.79 Å². The number of carbonyl (C=O) groups is 1. The highest BCUT2D eigenvalue weighted by Gasteiger charge is 2.17. The number of nitrogens with one attached hydrogen (secondary N) is 1. The van der Waals surface area contributed by atoms with E-state index in [0.717, 1.165) is 16.7 Å². The van der Waals surface area contributed by atoms with Gasteiger partial charge in [-0.3, -0.25) is 4.79 Å². The lowest BCUT2D eigenvalue weighted by Gasteiger charge is -2.11. The fraction of sp³-hybridized carbons (Fsp3) is 0.381. The summed E-state index contributed by atoms with van der Waals surface area (Å²) in [7, 11) is 0. The topological polar surface area (TPSA) is 43.3 Å². The van der Waals surface area contributed by atoms with Crippen LogP contribution < -0.4 is 10.1 Å². The number of ether oxygens (including phenoxy) is 1. The minimum absolute atomic E-state index is 0.0540. The van der Waals surface area contributed by atoms with Crippen LogP contribution in [0.4, 0.5) is 0 Å². The van der Waals surface area contributed by atoms with Crippen molar-refractivity contribution in [3.63, 3.8) is 0 Å². The highest BCUT2D eigenvalue weighted by atomic mass is 16.5. The second-order valence-electron chi connectivity index (χ2n) is 6.81. The number of rotatable bonds is 8. The fourth-order valence-electron chi connectivity index (χ4n) is 2.58. The third-order valence-corrected chi connectivity index (χ3v) is 3.85. The van der Waals surface area contributed by atoms with Crippen LogP contribution in [0.1, 0.15) is 38.2 Å². The smallest absolute Gasteiger partial charge is 0.267 e. The van der Waals surface area contributed by atoms with Crippen LogP contribution in [-0.4, -0.2) is 23.6 Å². The van der Waals surface area contributed by atoms with E-state index < -0.39 is 0 Å². The predicted molar refractivity (Wildman–Crippen MR) is 104 cm³/mol. The van der Waals surface area contributed by atoms with Gasteiger partial charge in [0.2, 0.25) is 0 Å². The Morgan fingerprint density at radius 1 is 1.36 bits per heavy atom. The van der Waals surface area contributed by atoms with E-state index >= 15 is 0 Å². The lowest BCUT2D eigenvalue weighted by Crippen LogP contribution is -2.29. The molecule has 1 amide bonds. The Balaban J connectivity index is 2.49. The van der Waals surface area contributed by atoms with Crippen molar-refractivity contribution in [1.29, 1.82) is 0 Å². The molecule has 1 aromatic heterocycles. The normalized spacial score (nSPS) is 10.8. The average molecular weight is 340 g/mol. The summed E-state index contributed by atoms with van der Waals surface area (Å²) in [6.45, 7) is 13.7. The predicted octanol–water partition coefficient (Wildman–Crippen LogP) is 4.56. The van der Waals surface area contributed by atoms with Crippen LogP contribution in [0.3, 0.4) is 0 Å². The minimum Gasteiger partial charge on any atom is -0.489 e. The molecule has 0 saturated carbocycles. The first kappa shape index (κ1) is 18.8. The van der Waals surface area contributed by atoms with Gasteiger partial charge in [-0.2, -0.15) is 0 Å². The van der Waals surface area contributed by atoms with E-state index in [1.165, 1.54) is 5.57 Å². The van der Waals surface area contributed by atoms with Gasteiger partial charge in [-0.15, -0.1) is 0 Å². The summed E-state index contributed by atoms with van der Waals surface area (Å²) >= 11 is 0. The number of carbonyl (C=O) groups excluding carboxylic acids is 1. The number of allylic oxidation sites excluding steroid dienone is 2. The Bertz CT molecular complexity index is 781. The third kappa shape index (κ3) is 4.75. The van der Waals surface area contributed by atoms with Gasteiger partial charge in [-0.05, 0) is 38.0 Å².